The number of carbonyl (C=O) groups is 1. The van der Waals surface area contributed by atoms with E-state index in [0.717, 1.165) is 17.0 Å². The summed E-state index contributed by atoms with van der Waals surface area (Å²) in [5.41, 5.74) is 7.55. The first-order chi connectivity index (χ1) is 20.5. The van der Waals surface area contributed by atoms with Crippen molar-refractivity contribution in [2.75, 3.05) is 6.79 Å². The molecule has 0 saturated carbocycles. The first kappa shape index (κ1) is 26.8. The van der Waals surface area contributed by atoms with Crippen molar-refractivity contribution in [2.24, 2.45) is 5.10 Å². The van der Waals surface area contributed by atoms with Crippen LogP contribution in [-0.2, 0) is 13.2 Å². The van der Waals surface area contributed by atoms with Gasteiger partial charge >= 0.3 is 5.91 Å². The quantitative estimate of drug-likeness (QED) is 0.157. The zero-order valence-electron chi connectivity index (χ0n) is 23.2. The number of hydrazone groups is 1. The molecule has 42 heavy (non-hydrogen) atoms. The Hall–Kier alpha value is -5.44. The van der Waals surface area contributed by atoms with Gasteiger partial charge in [0.05, 0.1) is 6.21 Å². The number of amides is 1. The van der Waals surface area contributed by atoms with Crippen LogP contribution in [-0.4, -0.2) is 23.5 Å². The Kier molecular flexibility index (Phi) is 7.63. The van der Waals surface area contributed by atoms with Crippen molar-refractivity contribution in [3.8, 4) is 28.7 Å². The number of nitrogens with one attached hydrogen (secondary N) is 1. The molecule has 1 amide bonds. The van der Waals surface area contributed by atoms with Crippen LogP contribution in [0, 0.1) is 13.8 Å². The molecule has 0 radical (unpaired) electrons. The normalized spacial score (nSPS) is 12.0. The average molecular weight is 564 g/mol. The average Bonchev–Trinajstić information content (AvgIpc) is 3.76. The summed E-state index contributed by atoms with van der Waals surface area (Å²) in [6.07, 6.45) is 1.53. The van der Waals surface area contributed by atoms with Crippen LogP contribution in [0.3, 0.4) is 0 Å². The predicted molar refractivity (Wildman–Crippen MR) is 157 cm³/mol. The van der Waals surface area contributed by atoms with Crippen LogP contribution in [0.4, 0.5) is 0 Å². The standard InChI is InChI=1S/C33H29N3O6/c1-22-7-8-23(2)36(22)26-10-12-27(13-11-26)38-20-28-14-16-31(42-28)33(37)35-34-18-25-5-3-4-6-29(25)39-19-24-9-15-30-32(17-24)41-21-40-30/h3-18H,19-21H2,1-2H3,(H,35,37)/b34-18+. The number of hydrogen-bond acceptors (Lipinski definition) is 7. The van der Waals surface area contributed by atoms with Crippen LogP contribution in [0.5, 0.6) is 23.0 Å². The summed E-state index contributed by atoms with van der Waals surface area (Å²) in [6.45, 7) is 4.89. The molecule has 9 nitrogen and oxygen atoms in total. The van der Waals surface area contributed by atoms with Gasteiger partial charge in [-0.3, -0.25) is 4.79 Å². The third kappa shape index (κ3) is 6.00. The van der Waals surface area contributed by atoms with Crippen molar-refractivity contribution in [3.63, 3.8) is 0 Å². The number of fused-ring (bicyclic) bond motifs is 1. The lowest BCUT2D eigenvalue weighted by Crippen LogP contribution is -2.16. The van der Waals surface area contributed by atoms with Gasteiger partial charge in [0.15, 0.2) is 17.3 Å². The molecule has 0 unspecified atom stereocenters. The summed E-state index contributed by atoms with van der Waals surface area (Å²) >= 11 is 0. The maximum Gasteiger partial charge on any atom is 0.307 e. The Labute approximate surface area is 242 Å². The highest BCUT2D eigenvalue weighted by Crippen LogP contribution is 2.33. The number of ether oxygens (including phenoxy) is 4. The molecule has 0 atom stereocenters. The van der Waals surface area contributed by atoms with Crippen LogP contribution < -0.4 is 24.4 Å². The number of rotatable bonds is 10. The number of hydrogen-bond donors (Lipinski definition) is 1. The first-order valence-corrected chi connectivity index (χ1v) is 13.4. The zero-order valence-corrected chi connectivity index (χ0v) is 23.2. The number of benzene rings is 3. The summed E-state index contributed by atoms with van der Waals surface area (Å²) in [5.74, 6) is 2.93. The van der Waals surface area contributed by atoms with Gasteiger partial charge in [0.2, 0.25) is 6.79 Å². The summed E-state index contributed by atoms with van der Waals surface area (Å²) in [6, 6.07) is 28.4. The number of aromatic nitrogens is 1. The van der Waals surface area contributed by atoms with Crippen molar-refractivity contribution in [1.82, 2.24) is 9.99 Å². The minimum absolute atomic E-state index is 0.131. The highest BCUT2D eigenvalue weighted by atomic mass is 16.7. The molecule has 212 valence electrons. The smallest absolute Gasteiger partial charge is 0.307 e. The molecule has 1 N–H and O–H groups in total. The van der Waals surface area contributed by atoms with Gasteiger partial charge in [-0.25, -0.2) is 5.43 Å². The van der Waals surface area contributed by atoms with Crippen LogP contribution in [0.1, 0.15) is 38.8 Å². The van der Waals surface area contributed by atoms with E-state index in [1.165, 1.54) is 17.6 Å². The van der Waals surface area contributed by atoms with Crippen LogP contribution in [0.25, 0.3) is 5.69 Å². The molecule has 1 aliphatic heterocycles. The highest BCUT2D eigenvalue weighted by molar-refractivity contribution is 5.92. The Morgan fingerprint density at radius 1 is 0.881 bits per heavy atom. The number of furan rings is 1. The van der Waals surface area contributed by atoms with Gasteiger partial charge in [0.25, 0.3) is 0 Å². The van der Waals surface area contributed by atoms with E-state index in [1.807, 2.05) is 66.7 Å². The molecular formula is C33H29N3O6. The first-order valence-electron chi connectivity index (χ1n) is 13.4. The largest absolute Gasteiger partial charge is 0.488 e. The van der Waals surface area contributed by atoms with Crippen molar-refractivity contribution >= 4 is 12.1 Å². The van der Waals surface area contributed by atoms with Gasteiger partial charge in [0, 0.05) is 22.6 Å². The second-order valence-electron chi connectivity index (χ2n) is 9.71. The zero-order chi connectivity index (χ0) is 28.9. The van der Waals surface area contributed by atoms with Gasteiger partial charge in [0.1, 0.15) is 30.5 Å². The topological polar surface area (TPSA) is 96.5 Å². The Bertz CT molecular complexity index is 1720. The molecule has 0 saturated heterocycles. The van der Waals surface area contributed by atoms with Crippen LogP contribution in [0.2, 0.25) is 0 Å². The fourth-order valence-electron chi connectivity index (χ4n) is 4.63. The number of aryl methyl sites for hydroxylation is 2. The third-order valence-corrected chi connectivity index (χ3v) is 6.75. The predicted octanol–water partition coefficient (Wildman–Crippen LogP) is 6.34. The van der Waals surface area contributed by atoms with Crippen molar-refractivity contribution < 1.29 is 28.2 Å². The van der Waals surface area contributed by atoms with Gasteiger partial charge in [-0.15, -0.1) is 0 Å². The minimum atomic E-state index is -0.474. The highest BCUT2D eigenvalue weighted by Gasteiger charge is 2.14. The monoisotopic (exact) mass is 563 g/mol. The molecule has 1 aliphatic rings. The molecule has 5 aromatic rings. The van der Waals surface area contributed by atoms with E-state index >= 15 is 0 Å². The SMILES string of the molecule is Cc1ccc(C)n1-c1ccc(OCc2ccc(C(=O)N/N=C/c3ccccc3OCc3ccc4c(c3)OCO4)o2)cc1. The van der Waals surface area contributed by atoms with Gasteiger partial charge in [-0.1, -0.05) is 18.2 Å². The Balaban J connectivity index is 1.01. The Morgan fingerprint density at radius 3 is 2.50 bits per heavy atom. The van der Waals surface area contributed by atoms with E-state index in [-0.39, 0.29) is 19.2 Å². The molecular weight excluding hydrogens is 534 g/mol. The van der Waals surface area contributed by atoms with E-state index < -0.39 is 5.91 Å². The summed E-state index contributed by atoms with van der Waals surface area (Å²) in [4.78, 5) is 12.6. The minimum Gasteiger partial charge on any atom is -0.488 e. The molecule has 9 heteroatoms. The van der Waals surface area contributed by atoms with Crippen LogP contribution in [0.15, 0.2) is 101 Å². The van der Waals surface area contributed by atoms with E-state index in [2.05, 4.69) is 41.1 Å². The van der Waals surface area contributed by atoms with Crippen molar-refractivity contribution in [1.29, 1.82) is 0 Å². The lowest BCUT2D eigenvalue weighted by molar-refractivity contribution is 0.0923. The fourth-order valence-corrected chi connectivity index (χ4v) is 4.63. The van der Waals surface area contributed by atoms with Gasteiger partial charge in [-0.2, -0.15) is 5.10 Å². The number of para-hydroxylation sites is 1. The maximum atomic E-state index is 12.6. The second kappa shape index (κ2) is 12.0. The molecule has 0 bridgehead atoms. The summed E-state index contributed by atoms with van der Waals surface area (Å²) in [5, 5.41) is 4.09. The van der Waals surface area contributed by atoms with E-state index in [1.54, 1.807) is 12.1 Å². The number of nitrogens with zero attached hydrogens (tertiary/aromatic N) is 2. The van der Waals surface area contributed by atoms with E-state index in [9.17, 15) is 4.79 Å². The molecule has 3 heterocycles. The molecule has 6 rings (SSSR count). The lowest BCUT2D eigenvalue weighted by atomic mass is 10.2. The third-order valence-electron chi connectivity index (χ3n) is 6.75. The van der Waals surface area contributed by atoms with Crippen molar-refractivity contribution in [3.05, 3.63) is 125 Å². The lowest BCUT2D eigenvalue weighted by Gasteiger charge is -2.10. The van der Waals surface area contributed by atoms with E-state index in [4.69, 9.17) is 23.4 Å². The molecule has 0 fully saturated rings. The maximum absolute atomic E-state index is 12.6. The molecule has 2 aromatic heterocycles. The van der Waals surface area contributed by atoms with Crippen LogP contribution >= 0.6 is 0 Å². The van der Waals surface area contributed by atoms with Gasteiger partial charge in [-0.05, 0) is 92.2 Å². The van der Waals surface area contributed by atoms with Gasteiger partial charge < -0.3 is 27.9 Å². The van der Waals surface area contributed by atoms with Crippen molar-refractivity contribution in [2.45, 2.75) is 27.1 Å². The second-order valence-corrected chi connectivity index (χ2v) is 9.71. The number of carbonyl (C=O) groups excluding carboxylic acids is 1. The summed E-state index contributed by atoms with van der Waals surface area (Å²) in [7, 11) is 0. The summed E-state index contributed by atoms with van der Waals surface area (Å²) < 4.78 is 30.5. The van der Waals surface area contributed by atoms with E-state index in [0.29, 0.717) is 35.2 Å². The molecule has 3 aromatic carbocycles. The Morgan fingerprint density at radius 2 is 1.67 bits per heavy atom. The molecule has 0 aliphatic carbocycles. The fraction of sp³-hybridized carbons (Fsp3) is 0.152. The molecule has 0 spiro atoms.